The third-order valence-electron chi connectivity index (χ3n) is 10.3. The quantitative estimate of drug-likeness (QED) is 0.166. The molecule has 2 heterocycles. The van der Waals surface area contributed by atoms with Gasteiger partial charge in [0.15, 0.2) is 5.82 Å². The van der Waals surface area contributed by atoms with Crippen LogP contribution in [-0.2, 0) is 0 Å². The number of para-hydroxylation sites is 2. The summed E-state index contributed by atoms with van der Waals surface area (Å²) in [7, 11) is 0. The number of furan rings is 1. The molecule has 0 atom stereocenters. The van der Waals surface area contributed by atoms with Gasteiger partial charge in [0.05, 0.1) is 11.4 Å². The monoisotopic (exact) mass is 702 g/mol. The van der Waals surface area contributed by atoms with E-state index >= 15 is 0 Å². The van der Waals surface area contributed by atoms with Gasteiger partial charge >= 0.3 is 0 Å². The van der Waals surface area contributed by atoms with Gasteiger partial charge in [-0.05, 0) is 69.3 Å². The Balaban J connectivity index is 1.24. The molecule has 258 valence electrons. The first-order chi connectivity index (χ1) is 27.3. The van der Waals surface area contributed by atoms with E-state index < -0.39 is 0 Å². The molecule has 0 saturated carbocycles. The Labute approximate surface area is 319 Å². The van der Waals surface area contributed by atoms with Gasteiger partial charge in [0.2, 0.25) is 0 Å². The van der Waals surface area contributed by atoms with Crippen LogP contribution in [0.1, 0.15) is 0 Å². The molecule has 0 N–H and O–H groups in total. The van der Waals surface area contributed by atoms with Gasteiger partial charge in [0.25, 0.3) is 0 Å². The van der Waals surface area contributed by atoms with Crippen molar-refractivity contribution in [2.45, 2.75) is 0 Å². The second kappa shape index (κ2) is 13.9. The molecule has 10 aromatic rings. The Morgan fingerprint density at radius 3 is 1.56 bits per heavy atom. The van der Waals surface area contributed by atoms with Crippen LogP contribution in [-0.4, -0.2) is 9.97 Å². The van der Waals surface area contributed by atoms with Gasteiger partial charge < -0.3 is 4.42 Å². The molecule has 0 aliphatic heterocycles. The van der Waals surface area contributed by atoms with E-state index in [4.69, 9.17) is 14.4 Å². The maximum atomic E-state index is 6.68. The molecule has 8 aromatic carbocycles. The lowest BCUT2D eigenvalue weighted by molar-refractivity contribution is 0.670. The van der Waals surface area contributed by atoms with E-state index in [0.29, 0.717) is 5.82 Å². The lowest BCUT2D eigenvalue weighted by Gasteiger charge is -2.20. The lowest BCUT2D eigenvalue weighted by atomic mass is 9.84. The Morgan fingerprint density at radius 1 is 0.309 bits per heavy atom. The van der Waals surface area contributed by atoms with Crippen LogP contribution in [0, 0.1) is 0 Å². The molecule has 3 heteroatoms. The van der Waals surface area contributed by atoms with Gasteiger partial charge in [0, 0.05) is 33.0 Å². The van der Waals surface area contributed by atoms with E-state index in [2.05, 4.69) is 158 Å². The summed E-state index contributed by atoms with van der Waals surface area (Å²) in [4.78, 5) is 10.2. The number of rotatable bonds is 7. The van der Waals surface area contributed by atoms with Crippen molar-refractivity contribution in [3.05, 3.63) is 206 Å². The summed E-state index contributed by atoms with van der Waals surface area (Å²) in [5.41, 5.74) is 15.5. The van der Waals surface area contributed by atoms with Gasteiger partial charge in [-0.15, -0.1) is 0 Å². The van der Waals surface area contributed by atoms with E-state index in [1.165, 1.54) is 0 Å². The fraction of sp³-hybridized carbons (Fsp3) is 0. The minimum absolute atomic E-state index is 0.694. The number of fused-ring (bicyclic) bond motifs is 3. The molecule has 55 heavy (non-hydrogen) atoms. The summed E-state index contributed by atoms with van der Waals surface area (Å²) >= 11 is 0. The molecule has 2 aromatic heterocycles. The first-order valence-corrected chi connectivity index (χ1v) is 18.6. The highest BCUT2D eigenvalue weighted by molar-refractivity contribution is 6.12. The molecule has 0 radical (unpaired) electrons. The summed E-state index contributed by atoms with van der Waals surface area (Å²) in [5.74, 6) is 0.694. The van der Waals surface area contributed by atoms with Crippen LogP contribution >= 0.6 is 0 Å². The smallest absolute Gasteiger partial charge is 0.160 e. The summed E-state index contributed by atoms with van der Waals surface area (Å²) in [6.45, 7) is 0. The zero-order valence-electron chi connectivity index (χ0n) is 29.9. The van der Waals surface area contributed by atoms with Gasteiger partial charge in [-0.2, -0.15) is 0 Å². The predicted molar refractivity (Wildman–Crippen MR) is 227 cm³/mol. The molecular formula is C52H34N2O. The standard InChI is InChI=1S/C52H34N2O/c1-5-17-35(18-6-1)41-32-45(50(37-21-9-3-10-22-37)46(33-41)44-29-16-28-43-42-27-13-14-30-49(42)55-51(43)44)39-25-15-26-40(31-39)48-34-47(36-19-7-2-8-20-36)53-52(54-48)38-23-11-4-12-24-38/h1-34H. The molecule has 0 fully saturated rings. The van der Waals surface area contributed by atoms with Crippen molar-refractivity contribution in [2.24, 2.45) is 0 Å². The third-order valence-corrected chi connectivity index (χ3v) is 10.3. The normalized spacial score (nSPS) is 11.3. The second-order valence-corrected chi connectivity index (χ2v) is 13.7. The zero-order chi connectivity index (χ0) is 36.6. The molecular weight excluding hydrogens is 669 g/mol. The Bertz CT molecular complexity index is 2900. The van der Waals surface area contributed by atoms with Crippen LogP contribution in [0.3, 0.4) is 0 Å². The van der Waals surface area contributed by atoms with Crippen molar-refractivity contribution in [3.63, 3.8) is 0 Å². The maximum Gasteiger partial charge on any atom is 0.160 e. The van der Waals surface area contributed by atoms with Crippen molar-refractivity contribution in [3.8, 4) is 78.4 Å². The average molecular weight is 703 g/mol. The minimum Gasteiger partial charge on any atom is -0.455 e. The van der Waals surface area contributed by atoms with E-state index in [-0.39, 0.29) is 0 Å². The van der Waals surface area contributed by atoms with Crippen molar-refractivity contribution < 1.29 is 4.42 Å². The lowest BCUT2D eigenvalue weighted by Crippen LogP contribution is -1.96. The van der Waals surface area contributed by atoms with Crippen molar-refractivity contribution >= 4 is 21.9 Å². The molecule has 0 aliphatic rings. The number of nitrogens with zero attached hydrogens (tertiary/aromatic N) is 2. The fourth-order valence-corrected chi connectivity index (χ4v) is 7.67. The zero-order valence-corrected chi connectivity index (χ0v) is 29.9. The average Bonchev–Trinajstić information content (AvgIpc) is 3.66. The molecule has 0 amide bonds. The summed E-state index contributed by atoms with van der Waals surface area (Å²) in [6, 6.07) is 72.2. The van der Waals surface area contributed by atoms with Crippen molar-refractivity contribution in [1.29, 1.82) is 0 Å². The Kier molecular flexibility index (Phi) is 8.16. The topological polar surface area (TPSA) is 38.9 Å². The van der Waals surface area contributed by atoms with Gasteiger partial charge in [-0.25, -0.2) is 9.97 Å². The number of aromatic nitrogens is 2. The number of hydrogen-bond acceptors (Lipinski definition) is 3. The first-order valence-electron chi connectivity index (χ1n) is 18.6. The first kappa shape index (κ1) is 32.3. The fourth-order valence-electron chi connectivity index (χ4n) is 7.67. The van der Waals surface area contributed by atoms with Gasteiger partial charge in [-0.1, -0.05) is 176 Å². The van der Waals surface area contributed by atoms with E-state index in [1.807, 2.05) is 48.5 Å². The minimum atomic E-state index is 0.694. The highest BCUT2D eigenvalue weighted by Crippen LogP contribution is 2.46. The van der Waals surface area contributed by atoms with Crippen LogP contribution in [0.25, 0.3) is 100 Å². The molecule has 10 rings (SSSR count). The molecule has 0 spiro atoms. The van der Waals surface area contributed by atoms with Gasteiger partial charge in [0.1, 0.15) is 11.2 Å². The van der Waals surface area contributed by atoms with Crippen LogP contribution in [0.5, 0.6) is 0 Å². The molecule has 0 bridgehead atoms. The van der Waals surface area contributed by atoms with Crippen molar-refractivity contribution in [2.75, 3.05) is 0 Å². The van der Waals surface area contributed by atoms with E-state index in [0.717, 1.165) is 94.5 Å². The number of hydrogen-bond donors (Lipinski definition) is 0. The second-order valence-electron chi connectivity index (χ2n) is 13.7. The highest BCUT2D eigenvalue weighted by atomic mass is 16.3. The summed E-state index contributed by atoms with van der Waals surface area (Å²) in [5, 5.41) is 2.22. The van der Waals surface area contributed by atoms with Crippen LogP contribution in [0.2, 0.25) is 0 Å². The SMILES string of the molecule is c1ccc(-c2cc(-c3cccc(-c4cc(-c5ccccc5)nc(-c5ccccc5)n4)c3)c(-c3ccccc3)c(-c3cccc4c3oc3ccccc34)c2)cc1. The highest BCUT2D eigenvalue weighted by Gasteiger charge is 2.21. The summed E-state index contributed by atoms with van der Waals surface area (Å²) < 4.78 is 6.68. The molecule has 0 unspecified atom stereocenters. The Morgan fingerprint density at radius 2 is 0.836 bits per heavy atom. The van der Waals surface area contributed by atoms with E-state index in [9.17, 15) is 0 Å². The van der Waals surface area contributed by atoms with E-state index in [1.54, 1.807) is 0 Å². The summed E-state index contributed by atoms with van der Waals surface area (Å²) in [6.07, 6.45) is 0. The van der Waals surface area contributed by atoms with Crippen LogP contribution in [0.4, 0.5) is 0 Å². The maximum absolute atomic E-state index is 6.68. The molecule has 0 saturated heterocycles. The Hall–Kier alpha value is -7.36. The van der Waals surface area contributed by atoms with Crippen LogP contribution in [0.15, 0.2) is 211 Å². The van der Waals surface area contributed by atoms with Gasteiger partial charge in [-0.3, -0.25) is 0 Å². The van der Waals surface area contributed by atoms with Crippen LogP contribution < -0.4 is 0 Å². The number of benzene rings is 8. The molecule has 0 aliphatic carbocycles. The van der Waals surface area contributed by atoms with Crippen molar-refractivity contribution in [1.82, 2.24) is 9.97 Å². The largest absolute Gasteiger partial charge is 0.455 e. The predicted octanol–water partition coefficient (Wildman–Crippen LogP) is 14.0. The molecule has 3 nitrogen and oxygen atoms in total. The third kappa shape index (κ3) is 6.08.